The van der Waals surface area contributed by atoms with E-state index in [9.17, 15) is 4.79 Å². The van der Waals surface area contributed by atoms with Crippen molar-refractivity contribution in [2.24, 2.45) is 0 Å². The largest absolute Gasteiger partial charge is 0.378 e. The zero-order chi connectivity index (χ0) is 19.1. The van der Waals surface area contributed by atoms with E-state index in [4.69, 9.17) is 16.3 Å². The van der Waals surface area contributed by atoms with Crippen molar-refractivity contribution in [3.05, 3.63) is 41.2 Å². The average Bonchev–Trinajstić information content (AvgIpc) is 2.69. The molecule has 0 radical (unpaired) electrons. The summed E-state index contributed by atoms with van der Waals surface area (Å²) in [7, 11) is 0. The zero-order valence-electron chi connectivity index (χ0n) is 15.2. The summed E-state index contributed by atoms with van der Waals surface area (Å²) in [6.45, 7) is 5.96. The first kappa shape index (κ1) is 19.2. The molecule has 0 spiro atoms. The average molecular weight is 391 g/mol. The van der Waals surface area contributed by atoms with Crippen LogP contribution in [0, 0.1) is 6.92 Å². The fraction of sp³-hybridized carbons (Fsp3) is 0.389. The fourth-order valence-electron chi connectivity index (χ4n) is 2.62. The van der Waals surface area contributed by atoms with Crippen LogP contribution in [0.3, 0.4) is 0 Å². The molecule has 0 bridgehead atoms. The molecule has 9 heteroatoms. The molecule has 1 aromatic heterocycles. The van der Waals surface area contributed by atoms with Crippen LogP contribution in [0.4, 0.5) is 22.1 Å². The highest BCUT2D eigenvalue weighted by Crippen LogP contribution is 2.19. The second-order valence-electron chi connectivity index (χ2n) is 6.13. The van der Waals surface area contributed by atoms with Gasteiger partial charge in [0.15, 0.2) is 0 Å². The molecular formula is C18H23ClN6O2. The Hall–Kier alpha value is -2.58. The molecule has 3 N–H and O–H groups in total. The van der Waals surface area contributed by atoms with Gasteiger partial charge in [0.1, 0.15) is 18.0 Å². The molecule has 144 valence electrons. The van der Waals surface area contributed by atoms with Crippen molar-refractivity contribution in [2.75, 3.05) is 54.9 Å². The molecule has 2 aromatic rings. The van der Waals surface area contributed by atoms with Crippen LogP contribution >= 0.6 is 11.6 Å². The maximum Gasteiger partial charge on any atom is 0.319 e. The van der Waals surface area contributed by atoms with E-state index in [0.29, 0.717) is 37.0 Å². The lowest BCUT2D eigenvalue weighted by molar-refractivity contribution is 0.122. The minimum atomic E-state index is -0.284. The molecule has 8 nitrogen and oxygen atoms in total. The number of nitrogens with one attached hydrogen (secondary N) is 3. The zero-order valence-corrected chi connectivity index (χ0v) is 15.9. The van der Waals surface area contributed by atoms with E-state index in [1.807, 2.05) is 25.1 Å². The van der Waals surface area contributed by atoms with Gasteiger partial charge in [-0.3, -0.25) is 0 Å². The van der Waals surface area contributed by atoms with Crippen molar-refractivity contribution in [1.82, 2.24) is 15.3 Å². The SMILES string of the molecule is Cc1ccc(NC(=O)NCCNc2cc(N3CCOCC3)ncn2)cc1Cl. The van der Waals surface area contributed by atoms with Gasteiger partial charge in [0.05, 0.1) is 13.2 Å². The number of urea groups is 1. The summed E-state index contributed by atoms with van der Waals surface area (Å²) in [5.74, 6) is 1.59. The van der Waals surface area contributed by atoms with Gasteiger partial charge < -0.3 is 25.6 Å². The Kier molecular flexibility index (Phi) is 6.67. The van der Waals surface area contributed by atoms with Gasteiger partial charge in [-0.25, -0.2) is 14.8 Å². The molecule has 3 rings (SSSR count). The number of aromatic nitrogens is 2. The van der Waals surface area contributed by atoms with Crippen LogP contribution in [-0.4, -0.2) is 55.4 Å². The molecule has 1 aromatic carbocycles. The van der Waals surface area contributed by atoms with Gasteiger partial charge in [-0.1, -0.05) is 17.7 Å². The number of morpholine rings is 1. The Balaban J connectivity index is 1.41. The van der Waals surface area contributed by atoms with Crippen LogP contribution in [-0.2, 0) is 4.74 Å². The number of benzene rings is 1. The van der Waals surface area contributed by atoms with Crippen LogP contribution < -0.4 is 20.9 Å². The van der Waals surface area contributed by atoms with Gasteiger partial charge in [0, 0.05) is 43.0 Å². The Morgan fingerprint density at radius 2 is 2.04 bits per heavy atom. The number of halogens is 1. The molecule has 2 heterocycles. The number of aryl methyl sites for hydroxylation is 1. The van der Waals surface area contributed by atoms with E-state index in [1.54, 1.807) is 6.07 Å². The van der Waals surface area contributed by atoms with Gasteiger partial charge in [-0.15, -0.1) is 0 Å². The number of carbonyl (C=O) groups is 1. The standard InChI is InChI=1S/C18H23ClN6O2/c1-13-2-3-14(10-15(13)19)24-18(26)21-5-4-20-16-11-17(23-12-22-16)25-6-8-27-9-7-25/h2-3,10-12H,4-9H2,1H3,(H,20,22,23)(H2,21,24,26). The Morgan fingerprint density at radius 1 is 1.22 bits per heavy atom. The fourth-order valence-corrected chi connectivity index (χ4v) is 2.80. The van der Waals surface area contributed by atoms with Crippen molar-refractivity contribution in [3.8, 4) is 0 Å². The minimum Gasteiger partial charge on any atom is -0.378 e. The summed E-state index contributed by atoms with van der Waals surface area (Å²) in [6, 6.07) is 7.02. The number of anilines is 3. The molecule has 1 aliphatic rings. The third-order valence-electron chi connectivity index (χ3n) is 4.13. The molecule has 0 saturated carbocycles. The predicted molar refractivity (Wildman–Crippen MR) is 107 cm³/mol. The molecule has 1 fully saturated rings. The summed E-state index contributed by atoms with van der Waals surface area (Å²) in [5, 5.41) is 9.35. The van der Waals surface area contributed by atoms with Crippen molar-refractivity contribution in [2.45, 2.75) is 6.92 Å². The van der Waals surface area contributed by atoms with Crippen LogP contribution in [0.15, 0.2) is 30.6 Å². The quantitative estimate of drug-likeness (QED) is 0.656. The maximum atomic E-state index is 11.9. The number of hydrogen-bond donors (Lipinski definition) is 3. The molecule has 0 unspecified atom stereocenters. The molecule has 27 heavy (non-hydrogen) atoms. The second-order valence-corrected chi connectivity index (χ2v) is 6.54. The number of carbonyl (C=O) groups excluding carboxylic acids is 1. The number of nitrogens with zero attached hydrogens (tertiary/aromatic N) is 3. The van der Waals surface area contributed by atoms with Crippen molar-refractivity contribution in [1.29, 1.82) is 0 Å². The van der Waals surface area contributed by atoms with Crippen molar-refractivity contribution < 1.29 is 9.53 Å². The Bertz CT molecular complexity index is 782. The van der Waals surface area contributed by atoms with Gasteiger partial charge in [0.2, 0.25) is 0 Å². The third kappa shape index (κ3) is 5.70. The van der Waals surface area contributed by atoms with Crippen LogP contribution in [0.2, 0.25) is 5.02 Å². The molecule has 1 saturated heterocycles. The maximum absolute atomic E-state index is 11.9. The van der Waals surface area contributed by atoms with Crippen molar-refractivity contribution in [3.63, 3.8) is 0 Å². The van der Waals surface area contributed by atoms with E-state index in [2.05, 4.69) is 30.8 Å². The van der Waals surface area contributed by atoms with Crippen LogP contribution in [0.5, 0.6) is 0 Å². The number of rotatable bonds is 6. The molecule has 0 aliphatic carbocycles. The number of hydrogen-bond acceptors (Lipinski definition) is 6. The highest BCUT2D eigenvalue weighted by Gasteiger charge is 2.12. The lowest BCUT2D eigenvalue weighted by Crippen LogP contribution is -2.36. The summed E-state index contributed by atoms with van der Waals surface area (Å²) < 4.78 is 5.35. The van der Waals surface area contributed by atoms with E-state index < -0.39 is 0 Å². The molecule has 1 aliphatic heterocycles. The Labute approximate surface area is 163 Å². The summed E-state index contributed by atoms with van der Waals surface area (Å²) >= 11 is 6.06. The van der Waals surface area contributed by atoms with Gasteiger partial charge >= 0.3 is 6.03 Å². The highest BCUT2D eigenvalue weighted by atomic mass is 35.5. The lowest BCUT2D eigenvalue weighted by Gasteiger charge is -2.27. The van der Waals surface area contributed by atoms with E-state index in [-0.39, 0.29) is 6.03 Å². The highest BCUT2D eigenvalue weighted by molar-refractivity contribution is 6.31. The summed E-state index contributed by atoms with van der Waals surface area (Å²) in [5.41, 5.74) is 1.62. The third-order valence-corrected chi connectivity index (χ3v) is 4.54. The lowest BCUT2D eigenvalue weighted by atomic mass is 10.2. The van der Waals surface area contributed by atoms with E-state index in [1.165, 1.54) is 6.33 Å². The first-order valence-electron chi connectivity index (χ1n) is 8.81. The second kappa shape index (κ2) is 9.38. The monoisotopic (exact) mass is 390 g/mol. The van der Waals surface area contributed by atoms with E-state index in [0.717, 1.165) is 30.3 Å². The van der Waals surface area contributed by atoms with Crippen LogP contribution in [0.25, 0.3) is 0 Å². The number of ether oxygens (including phenoxy) is 1. The normalized spacial score (nSPS) is 13.9. The molecule has 2 amide bonds. The smallest absolute Gasteiger partial charge is 0.319 e. The van der Waals surface area contributed by atoms with E-state index >= 15 is 0 Å². The first-order valence-corrected chi connectivity index (χ1v) is 9.19. The Morgan fingerprint density at radius 3 is 2.81 bits per heavy atom. The minimum absolute atomic E-state index is 0.284. The first-order chi connectivity index (χ1) is 13.1. The summed E-state index contributed by atoms with van der Waals surface area (Å²) in [6.07, 6.45) is 1.54. The topological polar surface area (TPSA) is 91.4 Å². The van der Waals surface area contributed by atoms with Gasteiger partial charge in [0.25, 0.3) is 0 Å². The summed E-state index contributed by atoms with van der Waals surface area (Å²) in [4.78, 5) is 22.6. The predicted octanol–water partition coefficient (Wildman–Crippen LogP) is 2.51. The van der Waals surface area contributed by atoms with Crippen LogP contribution in [0.1, 0.15) is 5.56 Å². The number of amides is 2. The van der Waals surface area contributed by atoms with Crippen molar-refractivity contribution >= 4 is 35.0 Å². The molecular weight excluding hydrogens is 368 g/mol. The van der Waals surface area contributed by atoms with Gasteiger partial charge in [-0.05, 0) is 24.6 Å². The van der Waals surface area contributed by atoms with Gasteiger partial charge in [-0.2, -0.15) is 0 Å². The molecule has 0 atom stereocenters.